The third-order valence-corrected chi connectivity index (χ3v) is 6.01. The molecule has 28 heavy (non-hydrogen) atoms. The van der Waals surface area contributed by atoms with Crippen molar-refractivity contribution in [1.82, 2.24) is 19.2 Å². The van der Waals surface area contributed by atoms with Crippen LogP contribution in [0.2, 0.25) is 0 Å². The smallest absolute Gasteiger partial charge is 0.336 e. The molecule has 0 radical (unpaired) electrons. The highest BCUT2D eigenvalue weighted by molar-refractivity contribution is 7.15. The van der Waals surface area contributed by atoms with Crippen LogP contribution in [-0.4, -0.2) is 58.3 Å². The highest BCUT2D eigenvalue weighted by Gasteiger charge is 2.30. The first-order valence-corrected chi connectivity index (χ1v) is 9.72. The van der Waals surface area contributed by atoms with Gasteiger partial charge in [0.1, 0.15) is 5.69 Å². The molecular formula is C19H19F3N4OS. The third kappa shape index (κ3) is 3.40. The van der Waals surface area contributed by atoms with Crippen LogP contribution < -0.4 is 0 Å². The Morgan fingerprint density at radius 1 is 1.29 bits per heavy atom. The van der Waals surface area contributed by atoms with Gasteiger partial charge in [-0.3, -0.25) is 9.20 Å². The van der Waals surface area contributed by atoms with Crippen LogP contribution in [0, 0.1) is 0 Å². The van der Waals surface area contributed by atoms with Crippen LogP contribution in [0.1, 0.15) is 22.5 Å². The lowest BCUT2D eigenvalue weighted by atomic mass is 10.1. The van der Waals surface area contributed by atoms with Crippen LogP contribution in [-0.2, 0) is 6.18 Å². The number of amides is 1. The number of hydrogen-bond donors (Lipinski definition) is 0. The summed E-state index contributed by atoms with van der Waals surface area (Å²) in [6, 6.07) is 5.05. The molecule has 0 bridgehead atoms. The van der Waals surface area contributed by atoms with E-state index in [-0.39, 0.29) is 11.9 Å². The number of fused-ring (bicyclic) bond motifs is 1. The van der Waals surface area contributed by atoms with Gasteiger partial charge in [-0.2, -0.15) is 13.2 Å². The topological polar surface area (TPSA) is 40.8 Å². The molecule has 5 nitrogen and oxygen atoms in total. The van der Waals surface area contributed by atoms with Crippen LogP contribution in [0.25, 0.3) is 16.2 Å². The summed E-state index contributed by atoms with van der Waals surface area (Å²) in [5.41, 5.74) is 0.935. The number of alkyl halides is 3. The van der Waals surface area contributed by atoms with Crippen LogP contribution in [0.4, 0.5) is 13.2 Å². The summed E-state index contributed by atoms with van der Waals surface area (Å²) in [5, 5.41) is 1.77. The Kier molecular flexibility index (Phi) is 4.67. The van der Waals surface area contributed by atoms with Crippen LogP contribution in [0.5, 0.6) is 0 Å². The maximum absolute atomic E-state index is 13.0. The van der Waals surface area contributed by atoms with E-state index < -0.39 is 11.7 Å². The average Bonchev–Trinajstić information content (AvgIpc) is 3.35. The van der Waals surface area contributed by atoms with E-state index in [1.807, 2.05) is 14.1 Å². The average molecular weight is 408 g/mol. The predicted octanol–water partition coefficient (Wildman–Crippen LogP) is 3.86. The van der Waals surface area contributed by atoms with Gasteiger partial charge in [-0.05, 0) is 32.1 Å². The largest absolute Gasteiger partial charge is 0.416 e. The van der Waals surface area contributed by atoms with Crippen molar-refractivity contribution in [2.75, 3.05) is 27.2 Å². The minimum atomic E-state index is -4.37. The minimum absolute atomic E-state index is 0.0806. The Labute approximate surface area is 164 Å². The van der Waals surface area contributed by atoms with Crippen LogP contribution in [0.3, 0.4) is 0 Å². The molecule has 1 amide bonds. The van der Waals surface area contributed by atoms with Gasteiger partial charge < -0.3 is 9.80 Å². The second-order valence-electron chi connectivity index (χ2n) is 7.10. The second kappa shape index (κ2) is 6.89. The molecule has 0 spiro atoms. The molecule has 3 aromatic rings. The maximum Gasteiger partial charge on any atom is 0.416 e. The van der Waals surface area contributed by atoms with Gasteiger partial charge >= 0.3 is 6.18 Å². The molecule has 4 rings (SSSR count). The van der Waals surface area contributed by atoms with Crippen molar-refractivity contribution in [3.05, 3.63) is 47.1 Å². The highest BCUT2D eigenvalue weighted by Crippen LogP contribution is 2.31. The van der Waals surface area contributed by atoms with Crippen molar-refractivity contribution in [2.24, 2.45) is 0 Å². The molecule has 0 N–H and O–H groups in total. The van der Waals surface area contributed by atoms with E-state index >= 15 is 0 Å². The maximum atomic E-state index is 13.0. The summed E-state index contributed by atoms with van der Waals surface area (Å²) in [6.07, 6.45) is -1.73. The number of halogens is 3. The first kappa shape index (κ1) is 18.9. The summed E-state index contributed by atoms with van der Waals surface area (Å²) >= 11 is 1.34. The molecule has 3 heterocycles. The zero-order valence-electron chi connectivity index (χ0n) is 15.4. The van der Waals surface area contributed by atoms with Gasteiger partial charge in [-0.25, -0.2) is 4.98 Å². The number of imidazole rings is 1. The number of likely N-dealkylation sites (N-methyl/N-ethyl adjacent to an activating group) is 2. The van der Waals surface area contributed by atoms with E-state index in [0.29, 0.717) is 21.9 Å². The van der Waals surface area contributed by atoms with E-state index in [2.05, 4.69) is 9.88 Å². The molecule has 1 saturated heterocycles. The molecular weight excluding hydrogens is 389 g/mol. The quantitative estimate of drug-likeness (QED) is 0.661. The standard InChI is InChI=1S/C19H19F3N4OS/c1-24-8-7-14(9-24)25(2)17(27)16-11-28-18-23-15(10-26(16)18)12-3-5-13(6-4-12)19(20,21)22/h3-6,10-11,14H,7-9H2,1-2H3/t14-/m0/s1. The summed E-state index contributed by atoms with van der Waals surface area (Å²) in [6.45, 7) is 1.81. The Balaban J connectivity index is 1.61. The first-order valence-electron chi connectivity index (χ1n) is 8.84. The van der Waals surface area contributed by atoms with E-state index in [1.165, 1.54) is 23.5 Å². The van der Waals surface area contributed by atoms with Crippen LogP contribution >= 0.6 is 11.3 Å². The van der Waals surface area contributed by atoms with Gasteiger partial charge in [0.05, 0.1) is 11.3 Å². The van der Waals surface area contributed by atoms with Crippen molar-refractivity contribution in [2.45, 2.75) is 18.6 Å². The van der Waals surface area contributed by atoms with E-state index in [4.69, 9.17) is 0 Å². The molecule has 2 aromatic heterocycles. The molecule has 0 saturated carbocycles. The number of thiazole rings is 1. The van der Waals surface area contributed by atoms with E-state index in [1.54, 1.807) is 20.9 Å². The van der Waals surface area contributed by atoms with Gasteiger partial charge in [-0.15, -0.1) is 11.3 Å². The van der Waals surface area contributed by atoms with Gasteiger partial charge in [0, 0.05) is 36.8 Å². The molecule has 1 fully saturated rings. The Morgan fingerprint density at radius 2 is 2.00 bits per heavy atom. The summed E-state index contributed by atoms with van der Waals surface area (Å²) < 4.78 is 40.0. The molecule has 1 atom stereocenters. The molecule has 1 aromatic carbocycles. The summed E-state index contributed by atoms with van der Waals surface area (Å²) in [5.74, 6) is -0.0806. The van der Waals surface area contributed by atoms with Crippen molar-refractivity contribution in [3.63, 3.8) is 0 Å². The van der Waals surface area contributed by atoms with Gasteiger partial charge in [0.25, 0.3) is 5.91 Å². The van der Waals surface area contributed by atoms with Crippen LogP contribution in [0.15, 0.2) is 35.8 Å². The Morgan fingerprint density at radius 3 is 2.61 bits per heavy atom. The van der Waals surface area contributed by atoms with Crippen molar-refractivity contribution in [3.8, 4) is 11.3 Å². The van der Waals surface area contributed by atoms with E-state index in [9.17, 15) is 18.0 Å². The SMILES string of the molecule is CN1CC[C@H](N(C)C(=O)c2csc3nc(-c4ccc(C(F)(F)F)cc4)cn23)C1. The summed E-state index contributed by atoms with van der Waals surface area (Å²) in [4.78, 5) is 22.0. The first-order chi connectivity index (χ1) is 13.2. The fourth-order valence-electron chi connectivity index (χ4n) is 3.48. The van der Waals surface area contributed by atoms with Gasteiger partial charge in [0.2, 0.25) is 0 Å². The zero-order chi connectivity index (χ0) is 20.1. The molecule has 1 aliphatic heterocycles. The predicted molar refractivity (Wildman–Crippen MR) is 102 cm³/mol. The van der Waals surface area contributed by atoms with Gasteiger partial charge in [-0.1, -0.05) is 12.1 Å². The molecule has 0 aliphatic carbocycles. The normalized spacial score (nSPS) is 18.1. The number of aromatic nitrogens is 2. The zero-order valence-corrected chi connectivity index (χ0v) is 16.2. The lowest BCUT2D eigenvalue weighted by molar-refractivity contribution is -0.137. The molecule has 9 heteroatoms. The number of carbonyl (C=O) groups excluding carboxylic acids is 1. The van der Waals surface area contributed by atoms with Crippen molar-refractivity contribution < 1.29 is 18.0 Å². The Hall–Kier alpha value is -2.39. The number of carbonyl (C=O) groups is 1. The monoisotopic (exact) mass is 408 g/mol. The number of likely N-dealkylation sites (tertiary alicyclic amines) is 1. The Bertz CT molecular complexity index is 1010. The summed E-state index contributed by atoms with van der Waals surface area (Å²) in [7, 11) is 3.84. The molecule has 0 unspecified atom stereocenters. The molecule has 1 aliphatic rings. The number of rotatable bonds is 3. The number of hydrogen-bond acceptors (Lipinski definition) is 4. The highest BCUT2D eigenvalue weighted by atomic mass is 32.1. The van der Waals surface area contributed by atoms with Crippen molar-refractivity contribution >= 4 is 22.2 Å². The molecule has 148 valence electrons. The fraction of sp³-hybridized carbons (Fsp3) is 0.368. The lowest BCUT2D eigenvalue weighted by Gasteiger charge is -2.24. The minimum Gasteiger partial charge on any atom is -0.336 e. The number of nitrogens with zero attached hydrogens (tertiary/aromatic N) is 4. The van der Waals surface area contributed by atoms with E-state index in [0.717, 1.165) is 31.6 Å². The van der Waals surface area contributed by atoms with Crippen molar-refractivity contribution in [1.29, 1.82) is 0 Å². The second-order valence-corrected chi connectivity index (χ2v) is 7.93. The van der Waals surface area contributed by atoms with Gasteiger partial charge in [0.15, 0.2) is 4.96 Å². The lowest BCUT2D eigenvalue weighted by Crippen LogP contribution is -2.39. The third-order valence-electron chi connectivity index (χ3n) is 5.17. The number of benzene rings is 1. The fourth-order valence-corrected chi connectivity index (χ4v) is 4.33.